The number of nitrogens with zero attached hydrogens (tertiary/aromatic N) is 3. The number of anilines is 2. The molecular weight excluding hydrogens is 374 g/mol. The first-order valence-electron chi connectivity index (χ1n) is 8.79. The highest BCUT2D eigenvalue weighted by molar-refractivity contribution is 8.14. The Balaban J connectivity index is 1.71. The summed E-state index contributed by atoms with van der Waals surface area (Å²) < 4.78 is 0. The molecule has 0 radical (unpaired) electrons. The Bertz CT molecular complexity index is 1030. The zero-order chi connectivity index (χ0) is 19.8. The Morgan fingerprint density at radius 3 is 2.54 bits per heavy atom. The van der Waals surface area contributed by atoms with E-state index in [1.807, 2.05) is 68.4 Å². The van der Waals surface area contributed by atoms with E-state index in [2.05, 4.69) is 20.8 Å². The number of amides is 2. The Morgan fingerprint density at radius 1 is 1.11 bits per heavy atom. The number of nitrogens with one attached hydrogen (secondary N) is 2. The summed E-state index contributed by atoms with van der Waals surface area (Å²) in [5.41, 5.74) is 7.71. The zero-order valence-corrected chi connectivity index (χ0v) is 16.5. The molecule has 2 amide bonds. The van der Waals surface area contributed by atoms with Crippen molar-refractivity contribution in [3.05, 3.63) is 53.6 Å². The van der Waals surface area contributed by atoms with Gasteiger partial charge in [-0.3, -0.25) is 9.59 Å². The summed E-state index contributed by atoms with van der Waals surface area (Å²) in [6.45, 7) is 1.93. The van der Waals surface area contributed by atoms with Crippen LogP contribution in [0.5, 0.6) is 0 Å². The van der Waals surface area contributed by atoms with Gasteiger partial charge in [-0.15, -0.1) is 0 Å². The lowest BCUT2D eigenvalue weighted by Gasteiger charge is -2.18. The average molecular weight is 393 g/mol. The number of aliphatic imine (C=N–C) groups is 1. The van der Waals surface area contributed by atoms with Gasteiger partial charge in [0.05, 0.1) is 22.3 Å². The standard InChI is InChI=1S/C20H19N5O2S/c1-11-17(23-24-20(27)28-11)12-4-9-16-15(10-12)18(19(26)22-16)21-13-5-7-14(8-6-13)25(2)3/h4-11H,1-3H3,(H,24,27)(H,21,22,26). The molecule has 7 nitrogen and oxygen atoms in total. The van der Waals surface area contributed by atoms with Gasteiger partial charge in [-0.25, -0.2) is 10.4 Å². The molecule has 0 aliphatic carbocycles. The molecule has 2 heterocycles. The minimum Gasteiger partial charge on any atom is -0.378 e. The van der Waals surface area contributed by atoms with Crippen molar-refractivity contribution >= 4 is 51.4 Å². The molecule has 1 unspecified atom stereocenters. The highest BCUT2D eigenvalue weighted by atomic mass is 32.2. The van der Waals surface area contributed by atoms with Crippen LogP contribution in [-0.2, 0) is 4.79 Å². The minimum atomic E-state index is -0.231. The summed E-state index contributed by atoms with van der Waals surface area (Å²) in [5, 5.41) is 6.80. The van der Waals surface area contributed by atoms with Crippen LogP contribution in [-0.4, -0.2) is 41.9 Å². The lowest BCUT2D eigenvalue weighted by Crippen LogP contribution is -2.29. The monoisotopic (exact) mass is 393 g/mol. The van der Waals surface area contributed by atoms with Crippen LogP contribution in [0.2, 0.25) is 0 Å². The number of hydrogen-bond donors (Lipinski definition) is 2. The molecule has 28 heavy (non-hydrogen) atoms. The summed E-state index contributed by atoms with van der Waals surface area (Å²) >= 11 is 1.19. The fourth-order valence-corrected chi connectivity index (χ4v) is 3.84. The maximum Gasteiger partial charge on any atom is 0.299 e. The zero-order valence-electron chi connectivity index (χ0n) is 15.7. The predicted molar refractivity (Wildman–Crippen MR) is 114 cm³/mol. The average Bonchev–Trinajstić information content (AvgIpc) is 2.97. The van der Waals surface area contributed by atoms with Crippen LogP contribution in [0.3, 0.4) is 0 Å². The number of hydrogen-bond acceptors (Lipinski definition) is 6. The summed E-state index contributed by atoms with van der Waals surface area (Å²) in [5.74, 6) is -0.231. The van der Waals surface area contributed by atoms with E-state index in [4.69, 9.17) is 0 Å². The van der Waals surface area contributed by atoms with Crippen LogP contribution < -0.4 is 15.6 Å². The highest BCUT2D eigenvalue weighted by Gasteiger charge is 2.29. The maximum absolute atomic E-state index is 12.5. The SMILES string of the molecule is CC1SC(=O)NN=C1c1ccc2c(c1)/C(=N/c1ccc(N(C)C)cc1)C(=O)N2. The second kappa shape index (κ2) is 7.12. The van der Waals surface area contributed by atoms with E-state index < -0.39 is 0 Å². The van der Waals surface area contributed by atoms with Gasteiger partial charge in [0.15, 0.2) is 0 Å². The molecular formula is C20H19N5O2S. The highest BCUT2D eigenvalue weighted by Crippen LogP contribution is 2.29. The Morgan fingerprint density at radius 2 is 1.86 bits per heavy atom. The van der Waals surface area contributed by atoms with E-state index in [-0.39, 0.29) is 16.4 Å². The van der Waals surface area contributed by atoms with Crippen molar-refractivity contribution in [2.45, 2.75) is 12.2 Å². The van der Waals surface area contributed by atoms with Crippen molar-refractivity contribution in [2.75, 3.05) is 24.3 Å². The van der Waals surface area contributed by atoms with Gasteiger partial charge in [0.25, 0.3) is 11.1 Å². The van der Waals surface area contributed by atoms with Crippen LogP contribution in [0.4, 0.5) is 21.9 Å². The summed E-state index contributed by atoms with van der Waals surface area (Å²) in [6.07, 6.45) is 0. The Kier molecular flexibility index (Phi) is 4.64. The molecule has 0 saturated carbocycles. The first kappa shape index (κ1) is 18.2. The first-order valence-corrected chi connectivity index (χ1v) is 9.67. The third-order valence-electron chi connectivity index (χ3n) is 4.58. The van der Waals surface area contributed by atoms with E-state index in [9.17, 15) is 9.59 Å². The maximum atomic E-state index is 12.5. The molecule has 0 bridgehead atoms. The van der Waals surface area contributed by atoms with E-state index in [1.54, 1.807) is 0 Å². The quantitative estimate of drug-likeness (QED) is 0.837. The van der Waals surface area contributed by atoms with Gasteiger partial charge in [-0.1, -0.05) is 17.8 Å². The number of carbonyl (C=O) groups excluding carboxylic acids is 2. The summed E-state index contributed by atoms with van der Waals surface area (Å²) in [6, 6.07) is 13.3. The smallest absolute Gasteiger partial charge is 0.299 e. The lowest BCUT2D eigenvalue weighted by molar-refractivity contribution is -0.110. The van der Waals surface area contributed by atoms with Crippen LogP contribution in [0.25, 0.3) is 0 Å². The summed E-state index contributed by atoms with van der Waals surface area (Å²) in [4.78, 5) is 30.5. The van der Waals surface area contributed by atoms with Crippen molar-refractivity contribution in [1.82, 2.24) is 5.43 Å². The first-order chi connectivity index (χ1) is 13.4. The molecule has 4 rings (SSSR count). The molecule has 8 heteroatoms. The van der Waals surface area contributed by atoms with Crippen molar-refractivity contribution in [1.29, 1.82) is 0 Å². The molecule has 1 atom stereocenters. The van der Waals surface area contributed by atoms with E-state index >= 15 is 0 Å². The summed E-state index contributed by atoms with van der Waals surface area (Å²) in [7, 11) is 3.94. The Labute approximate surface area is 166 Å². The number of thioether (sulfide) groups is 1. The van der Waals surface area contributed by atoms with Crippen LogP contribution >= 0.6 is 11.8 Å². The number of fused-ring (bicyclic) bond motifs is 1. The number of benzene rings is 2. The second-order valence-electron chi connectivity index (χ2n) is 6.74. The van der Waals surface area contributed by atoms with Gasteiger partial charge in [-0.2, -0.15) is 5.10 Å². The third-order valence-corrected chi connectivity index (χ3v) is 5.46. The predicted octanol–water partition coefficient (Wildman–Crippen LogP) is 3.37. The van der Waals surface area contributed by atoms with Gasteiger partial charge >= 0.3 is 0 Å². The van der Waals surface area contributed by atoms with Gasteiger partial charge in [0.1, 0.15) is 5.71 Å². The van der Waals surface area contributed by atoms with Gasteiger partial charge in [0.2, 0.25) is 0 Å². The topological polar surface area (TPSA) is 86.2 Å². The molecule has 2 aromatic carbocycles. The van der Waals surface area contributed by atoms with Crippen molar-refractivity contribution in [3.63, 3.8) is 0 Å². The van der Waals surface area contributed by atoms with Crippen molar-refractivity contribution < 1.29 is 9.59 Å². The van der Waals surface area contributed by atoms with E-state index in [0.29, 0.717) is 11.4 Å². The van der Waals surface area contributed by atoms with Crippen LogP contribution in [0.15, 0.2) is 52.6 Å². The molecule has 0 saturated heterocycles. The molecule has 2 aliphatic heterocycles. The fourth-order valence-electron chi connectivity index (χ4n) is 3.12. The van der Waals surface area contributed by atoms with Gasteiger partial charge in [0, 0.05) is 25.3 Å². The third kappa shape index (κ3) is 3.38. The minimum absolute atomic E-state index is 0.0733. The molecule has 142 valence electrons. The van der Waals surface area contributed by atoms with Crippen LogP contribution in [0.1, 0.15) is 18.1 Å². The largest absolute Gasteiger partial charge is 0.378 e. The van der Waals surface area contributed by atoms with E-state index in [0.717, 1.165) is 28.2 Å². The molecule has 2 aliphatic rings. The number of hydrazone groups is 1. The van der Waals surface area contributed by atoms with E-state index in [1.165, 1.54) is 11.8 Å². The van der Waals surface area contributed by atoms with Gasteiger partial charge < -0.3 is 10.2 Å². The fraction of sp³-hybridized carbons (Fsp3) is 0.200. The van der Waals surface area contributed by atoms with Crippen molar-refractivity contribution in [2.24, 2.45) is 10.1 Å². The second-order valence-corrected chi connectivity index (χ2v) is 8.06. The molecule has 2 aromatic rings. The lowest BCUT2D eigenvalue weighted by atomic mass is 10.0. The molecule has 2 N–H and O–H groups in total. The normalized spacial score (nSPS) is 19.8. The molecule has 0 fully saturated rings. The Hall–Kier alpha value is -3.13. The molecule has 0 aromatic heterocycles. The van der Waals surface area contributed by atoms with Crippen LogP contribution in [0, 0.1) is 0 Å². The number of carbonyl (C=O) groups is 2. The van der Waals surface area contributed by atoms with Gasteiger partial charge in [-0.05, 0) is 48.9 Å². The molecule has 0 spiro atoms. The number of rotatable bonds is 3. The van der Waals surface area contributed by atoms with Crippen molar-refractivity contribution in [3.8, 4) is 0 Å².